The van der Waals surface area contributed by atoms with Gasteiger partial charge in [0.05, 0.1) is 6.04 Å². The maximum absolute atomic E-state index is 13.5. The van der Waals surface area contributed by atoms with Crippen molar-refractivity contribution in [3.8, 4) is 0 Å². The standard InChI is InChI=1S/C16H20FN3O2/c17-12-9-14(16(18)22)19(10-12)7-6-15(21)20-8-5-11-3-1-2-4-13(11)20/h1-4,12,14H,5-10H2,(H2,18,22)/t12-,14+/m1/s1. The lowest BCUT2D eigenvalue weighted by atomic mass is 10.2. The highest BCUT2D eigenvalue weighted by Crippen LogP contribution is 2.28. The molecule has 2 aliphatic heterocycles. The molecule has 1 aromatic carbocycles. The molecule has 2 aliphatic rings. The van der Waals surface area contributed by atoms with Gasteiger partial charge in [0.15, 0.2) is 0 Å². The molecule has 118 valence electrons. The minimum atomic E-state index is -1.04. The third-order valence-corrected chi connectivity index (χ3v) is 4.48. The highest BCUT2D eigenvalue weighted by Gasteiger charge is 2.36. The van der Waals surface area contributed by atoms with Gasteiger partial charge in [-0.2, -0.15) is 0 Å². The van der Waals surface area contributed by atoms with Gasteiger partial charge in [0.25, 0.3) is 0 Å². The molecule has 22 heavy (non-hydrogen) atoms. The summed E-state index contributed by atoms with van der Waals surface area (Å²) in [5.74, 6) is -0.505. The number of alkyl halides is 1. The highest BCUT2D eigenvalue weighted by atomic mass is 19.1. The van der Waals surface area contributed by atoms with Gasteiger partial charge in [-0.15, -0.1) is 0 Å². The van der Waals surface area contributed by atoms with Crippen LogP contribution in [0.15, 0.2) is 24.3 Å². The fourth-order valence-electron chi connectivity index (χ4n) is 3.36. The van der Waals surface area contributed by atoms with Crippen molar-refractivity contribution in [1.82, 2.24) is 4.90 Å². The van der Waals surface area contributed by atoms with Gasteiger partial charge < -0.3 is 10.6 Å². The SMILES string of the molecule is NC(=O)[C@@H]1C[C@@H](F)CN1CCC(=O)N1CCc2ccccc21. The summed E-state index contributed by atoms with van der Waals surface area (Å²) in [6.45, 7) is 1.23. The summed E-state index contributed by atoms with van der Waals surface area (Å²) < 4.78 is 13.5. The first-order chi connectivity index (χ1) is 10.6. The molecule has 2 heterocycles. The fraction of sp³-hybridized carbons (Fsp3) is 0.500. The molecule has 0 radical (unpaired) electrons. The van der Waals surface area contributed by atoms with E-state index in [1.165, 1.54) is 5.56 Å². The molecule has 2 atom stereocenters. The van der Waals surface area contributed by atoms with Crippen molar-refractivity contribution >= 4 is 17.5 Å². The zero-order valence-corrected chi connectivity index (χ0v) is 12.4. The van der Waals surface area contributed by atoms with Crippen LogP contribution in [0.4, 0.5) is 10.1 Å². The van der Waals surface area contributed by atoms with Gasteiger partial charge in [0.2, 0.25) is 11.8 Å². The molecule has 0 spiro atoms. The molecule has 2 N–H and O–H groups in total. The Morgan fingerprint density at radius 3 is 2.86 bits per heavy atom. The fourth-order valence-corrected chi connectivity index (χ4v) is 3.36. The molecule has 0 aromatic heterocycles. The topological polar surface area (TPSA) is 66.6 Å². The van der Waals surface area contributed by atoms with Crippen LogP contribution >= 0.6 is 0 Å². The van der Waals surface area contributed by atoms with Crippen LogP contribution in [0.2, 0.25) is 0 Å². The molecule has 0 saturated carbocycles. The van der Waals surface area contributed by atoms with Gasteiger partial charge in [-0.25, -0.2) is 4.39 Å². The molecule has 0 aliphatic carbocycles. The van der Waals surface area contributed by atoms with E-state index < -0.39 is 18.1 Å². The van der Waals surface area contributed by atoms with Crippen LogP contribution in [0.5, 0.6) is 0 Å². The normalized spacial score (nSPS) is 24.5. The van der Waals surface area contributed by atoms with E-state index in [0.29, 0.717) is 13.1 Å². The molecule has 1 fully saturated rings. The first kappa shape index (κ1) is 15.0. The Hall–Kier alpha value is -1.95. The molecule has 0 bridgehead atoms. The van der Waals surface area contributed by atoms with Crippen molar-refractivity contribution in [2.75, 3.05) is 24.5 Å². The molecule has 3 rings (SSSR count). The molecular formula is C16H20FN3O2. The lowest BCUT2D eigenvalue weighted by molar-refractivity contribution is -0.123. The number of halogens is 1. The summed E-state index contributed by atoms with van der Waals surface area (Å²) in [5.41, 5.74) is 7.44. The number of nitrogens with zero attached hydrogens (tertiary/aromatic N) is 2. The summed E-state index contributed by atoms with van der Waals surface area (Å²) >= 11 is 0. The van der Waals surface area contributed by atoms with E-state index in [2.05, 4.69) is 0 Å². The lowest BCUT2D eigenvalue weighted by Gasteiger charge is -2.23. The Balaban J connectivity index is 1.60. The van der Waals surface area contributed by atoms with Crippen LogP contribution in [0.1, 0.15) is 18.4 Å². The molecule has 6 heteroatoms. The van der Waals surface area contributed by atoms with E-state index in [1.807, 2.05) is 24.3 Å². The van der Waals surface area contributed by atoms with Crippen molar-refractivity contribution in [1.29, 1.82) is 0 Å². The van der Waals surface area contributed by atoms with Gasteiger partial charge in [0, 0.05) is 38.2 Å². The number of amides is 2. The van der Waals surface area contributed by atoms with Crippen LogP contribution in [0.3, 0.4) is 0 Å². The Morgan fingerprint density at radius 2 is 2.09 bits per heavy atom. The van der Waals surface area contributed by atoms with Crippen LogP contribution < -0.4 is 10.6 Å². The quantitative estimate of drug-likeness (QED) is 0.897. The van der Waals surface area contributed by atoms with Gasteiger partial charge in [-0.1, -0.05) is 18.2 Å². The van der Waals surface area contributed by atoms with Gasteiger partial charge in [-0.05, 0) is 18.1 Å². The largest absolute Gasteiger partial charge is 0.368 e. The first-order valence-electron chi connectivity index (χ1n) is 7.62. The molecule has 5 nitrogen and oxygen atoms in total. The number of rotatable bonds is 4. The lowest BCUT2D eigenvalue weighted by Crippen LogP contribution is -2.42. The Morgan fingerprint density at radius 1 is 1.32 bits per heavy atom. The average Bonchev–Trinajstić information content (AvgIpc) is 3.08. The number of likely N-dealkylation sites (tertiary alicyclic amines) is 1. The van der Waals surface area contributed by atoms with Crippen molar-refractivity contribution in [3.05, 3.63) is 29.8 Å². The highest BCUT2D eigenvalue weighted by molar-refractivity contribution is 5.95. The molecule has 1 aromatic rings. The maximum atomic E-state index is 13.5. The molecular weight excluding hydrogens is 285 g/mol. The monoisotopic (exact) mass is 305 g/mol. The molecule has 1 saturated heterocycles. The zero-order chi connectivity index (χ0) is 15.7. The van der Waals surface area contributed by atoms with E-state index in [0.717, 1.165) is 12.1 Å². The van der Waals surface area contributed by atoms with E-state index in [1.54, 1.807) is 9.80 Å². The average molecular weight is 305 g/mol. The van der Waals surface area contributed by atoms with Crippen LogP contribution in [0, 0.1) is 0 Å². The number of carbonyl (C=O) groups excluding carboxylic acids is 2. The van der Waals surface area contributed by atoms with E-state index in [9.17, 15) is 14.0 Å². The van der Waals surface area contributed by atoms with Crippen molar-refractivity contribution in [2.45, 2.75) is 31.5 Å². The third kappa shape index (κ3) is 2.83. The van der Waals surface area contributed by atoms with E-state index in [4.69, 9.17) is 5.73 Å². The molecule has 2 amide bonds. The minimum Gasteiger partial charge on any atom is -0.368 e. The Labute approximate surface area is 128 Å². The van der Waals surface area contributed by atoms with Gasteiger partial charge in [0.1, 0.15) is 6.17 Å². The summed E-state index contributed by atoms with van der Waals surface area (Å²) in [6.07, 6.45) is 0.225. The van der Waals surface area contributed by atoms with Crippen LogP contribution in [-0.2, 0) is 16.0 Å². The number of benzene rings is 1. The minimum absolute atomic E-state index is 0.00970. The number of hydrogen-bond acceptors (Lipinski definition) is 3. The van der Waals surface area contributed by atoms with Crippen molar-refractivity contribution in [2.24, 2.45) is 5.73 Å². The third-order valence-electron chi connectivity index (χ3n) is 4.48. The number of carbonyl (C=O) groups is 2. The predicted octanol–water partition coefficient (Wildman–Crippen LogP) is 0.864. The van der Waals surface area contributed by atoms with E-state index >= 15 is 0 Å². The predicted molar refractivity (Wildman–Crippen MR) is 81.2 cm³/mol. The number of fused-ring (bicyclic) bond motifs is 1. The number of hydrogen-bond donors (Lipinski definition) is 1. The maximum Gasteiger partial charge on any atom is 0.234 e. The second-order valence-corrected chi connectivity index (χ2v) is 5.92. The number of primary amides is 1. The van der Waals surface area contributed by atoms with Crippen molar-refractivity contribution in [3.63, 3.8) is 0 Å². The zero-order valence-electron chi connectivity index (χ0n) is 12.4. The van der Waals surface area contributed by atoms with Gasteiger partial charge >= 0.3 is 0 Å². The summed E-state index contributed by atoms with van der Waals surface area (Å²) in [7, 11) is 0. The summed E-state index contributed by atoms with van der Waals surface area (Å²) in [5, 5.41) is 0. The van der Waals surface area contributed by atoms with Crippen molar-refractivity contribution < 1.29 is 14.0 Å². The second kappa shape index (κ2) is 6.04. The summed E-state index contributed by atoms with van der Waals surface area (Å²) in [4.78, 5) is 27.2. The van der Waals surface area contributed by atoms with E-state index in [-0.39, 0.29) is 25.3 Å². The second-order valence-electron chi connectivity index (χ2n) is 5.92. The molecule has 0 unspecified atom stereocenters. The number of anilines is 1. The summed E-state index contributed by atoms with van der Waals surface area (Å²) in [6, 6.07) is 7.27. The van der Waals surface area contributed by atoms with Gasteiger partial charge in [-0.3, -0.25) is 14.5 Å². The number of nitrogens with two attached hydrogens (primary N) is 1. The first-order valence-corrected chi connectivity index (χ1v) is 7.62. The van der Waals surface area contributed by atoms with Crippen LogP contribution in [-0.4, -0.2) is 48.6 Å². The van der Waals surface area contributed by atoms with Crippen LogP contribution in [0.25, 0.3) is 0 Å². The Bertz CT molecular complexity index is 593. The number of para-hydroxylation sites is 1. The smallest absolute Gasteiger partial charge is 0.234 e. The Kier molecular flexibility index (Phi) is 4.11.